The smallest absolute Gasteiger partial charge is 0.278 e. The van der Waals surface area contributed by atoms with Crippen LogP contribution in [0.2, 0.25) is 0 Å². The van der Waals surface area contributed by atoms with Crippen molar-refractivity contribution in [3.8, 4) is 11.4 Å². The first-order valence-electron chi connectivity index (χ1n) is 7.59. The molecule has 0 saturated carbocycles. The summed E-state index contributed by atoms with van der Waals surface area (Å²) in [6.07, 6.45) is 0. The van der Waals surface area contributed by atoms with Gasteiger partial charge in [0.15, 0.2) is 8.73 Å². The summed E-state index contributed by atoms with van der Waals surface area (Å²) < 4.78 is 4.88. The number of nitrogens with zero attached hydrogens (tertiary/aromatic N) is 2. The molecule has 2 heterocycles. The quantitative estimate of drug-likeness (QED) is 0.499. The van der Waals surface area contributed by atoms with E-state index in [2.05, 4.69) is 4.98 Å². The van der Waals surface area contributed by atoms with Crippen LogP contribution >= 0.6 is 35.8 Å². The number of hydrogen-bond donors (Lipinski definition) is 1. The topological polar surface area (TPSA) is 42.7 Å². The molecule has 0 spiro atoms. The Morgan fingerprint density at radius 1 is 0.960 bits per heavy atom. The van der Waals surface area contributed by atoms with E-state index in [0.717, 1.165) is 16.9 Å². The van der Waals surface area contributed by atoms with Crippen molar-refractivity contribution in [3.05, 3.63) is 79.2 Å². The third-order valence-electron chi connectivity index (χ3n) is 3.91. The maximum atomic E-state index is 13.0. The molecule has 0 unspecified atom stereocenters. The second-order valence-electron chi connectivity index (χ2n) is 5.63. The highest BCUT2D eigenvalue weighted by molar-refractivity contribution is 7.73. The molecular formula is C18H13N3OS3. The van der Waals surface area contributed by atoms with Crippen LogP contribution in [-0.2, 0) is 0 Å². The van der Waals surface area contributed by atoms with Crippen molar-refractivity contribution in [2.24, 2.45) is 0 Å². The molecule has 7 heteroatoms. The van der Waals surface area contributed by atoms with Gasteiger partial charge < -0.3 is 4.98 Å². The Balaban J connectivity index is 2.08. The van der Waals surface area contributed by atoms with E-state index in [-0.39, 0.29) is 5.56 Å². The number of para-hydroxylation sites is 1. The molecule has 4 aromatic rings. The zero-order chi connectivity index (χ0) is 17.6. The van der Waals surface area contributed by atoms with Crippen molar-refractivity contribution in [3.63, 3.8) is 0 Å². The molecule has 4 nitrogen and oxygen atoms in total. The van der Waals surface area contributed by atoms with Gasteiger partial charge in [0.25, 0.3) is 5.56 Å². The second-order valence-corrected chi connectivity index (χ2v) is 7.66. The molecule has 124 valence electrons. The standard InChI is InChI=1S/C18H13N3OS3/c1-11-6-5-9-13(10-11)20-15-14(25-18(20)24)16(22)21(17(23)19-15)12-7-3-2-4-8-12/h2-10H,1H3,(H,19,23). The summed E-state index contributed by atoms with van der Waals surface area (Å²) in [7, 11) is 0. The number of thiazole rings is 1. The van der Waals surface area contributed by atoms with E-state index >= 15 is 0 Å². The van der Waals surface area contributed by atoms with Crippen molar-refractivity contribution in [1.29, 1.82) is 0 Å². The molecule has 0 radical (unpaired) electrons. The van der Waals surface area contributed by atoms with Crippen molar-refractivity contribution in [1.82, 2.24) is 14.1 Å². The Morgan fingerprint density at radius 3 is 2.40 bits per heavy atom. The third kappa shape index (κ3) is 2.70. The van der Waals surface area contributed by atoms with Gasteiger partial charge in [0.2, 0.25) is 0 Å². The van der Waals surface area contributed by atoms with Crippen molar-refractivity contribution < 1.29 is 0 Å². The lowest BCUT2D eigenvalue weighted by Gasteiger charge is -2.08. The third-order valence-corrected chi connectivity index (χ3v) is 5.56. The highest BCUT2D eigenvalue weighted by Crippen LogP contribution is 2.24. The van der Waals surface area contributed by atoms with Crippen molar-refractivity contribution >= 4 is 46.1 Å². The fourth-order valence-corrected chi connectivity index (χ4v) is 4.41. The molecule has 0 saturated heterocycles. The highest BCUT2D eigenvalue weighted by Gasteiger charge is 2.14. The average molecular weight is 384 g/mol. The lowest BCUT2D eigenvalue weighted by Crippen LogP contribution is -2.20. The Hall–Kier alpha value is -2.35. The SMILES string of the molecule is Cc1cccc(-n2c(=S)sc3c(=O)n(-c4ccccc4)c(=S)[nH]c32)c1. The molecular weight excluding hydrogens is 370 g/mol. The van der Waals surface area contributed by atoms with Gasteiger partial charge in [0.1, 0.15) is 10.3 Å². The van der Waals surface area contributed by atoms with Gasteiger partial charge >= 0.3 is 0 Å². The molecule has 0 fully saturated rings. The minimum absolute atomic E-state index is 0.160. The average Bonchev–Trinajstić information content (AvgIpc) is 2.92. The lowest BCUT2D eigenvalue weighted by molar-refractivity contribution is 0.927. The predicted octanol–water partition coefficient (Wildman–Crippen LogP) is 4.94. The van der Waals surface area contributed by atoms with Crippen LogP contribution < -0.4 is 5.56 Å². The number of H-pyrrole nitrogens is 1. The van der Waals surface area contributed by atoms with Crippen molar-refractivity contribution in [2.45, 2.75) is 6.92 Å². The molecule has 0 aliphatic carbocycles. The van der Waals surface area contributed by atoms with Gasteiger partial charge in [0.05, 0.1) is 5.69 Å². The molecule has 1 N–H and O–H groups in total. The molecule has 4 rings (SSSR count). The second kappa shape index (κ2) is 6.18. The largest absolute Gasteiger partial charge is 0.316 e. The molecule has 2 aromatic heterocycles. The number of nitrogens with one attached hydrogen (secondary N) is 1. The van der Waals surface area contributed by atoms with E-state index in [0.29, 0.717) is 19.1 Å². The van der Waals surface area contributed by atoms with Crippen LogP contribution in [0.1, 0.15) is 5.56 Å². The summed E-state index contributed by atoms with van der Waals surface area (Å²) >= 11 is 12.3. The molecule has 0 aliphatic heterocycles. The Morgan fingerprint density at radius 2 is 1.68 bits per heavy atom. The van der Waals surface area contributed by atoms with Crippen LogP contribution in [0.4, 0.5) is 0 Å². The van der Waals surface area contributed by atoms with Crippen LogP contribution in [0, 0.1) is 15.6 Å². The van der Waals surface area contributed by atoms with E-state index in [1.807, 2.05) is 66.1 Å². The monoisotopic (exact) mass is 383 g/mol. The zero-order valence-electron chi connectivity index (χ0n) is 13.2. The van der Waals surface area contributed by atoms with Gasteiger partial charge in [-0.05, 0) is 61.2 Å². The van der Waals surface area contributed by atoms with E-state index < -0.39 is 0 Å². The fourth-order valence-electron chi connectivity index (χ4n) is 2.80. The number of aryl methyl sites for hydroxylation is 1. The molecule has 0 amide bonds. The number of aromatic amines is 1. The lowest BCUT2D eigenvalue weighted by atomic mass is 10.2. The molecule has 0 aliphatic rings. The maximum absolute atomic E-state index is 13.0. The van der Waals surface area contributed by atoms with E-state index in [4.69, 9.17) is 24.4 Å². The summed E-state index contributed by atoms with van der Waals surface area (Å²) in [4.78, 5) is 16.2. The molecule has 2 aromatic carbocycles. The van der Waals surface area contributed by atoms with Crippen LogP contribution in [0.25, 0.3) is 21.7 Å². The van der Waals surface area contributed by atoms with E-state index in [9.17, 15) is 4.79 Å². The normalized spacial score (nSPS) is 11.1. The molecule has 0 atom stereocenters. The summed E-state index contributed by atoms with van der Waals surface area (Å²) in [6, 6.07) is 17.3. The number of fused-ring (bicyclic) bond motifs is 1. The first-order valence-corrected chi connectivity index (χ1v) is 9.23. The van der Waals surface area contributed by atoms with Gasteiger partial charge in [-0.25, -0.2) is 0 Å². The highest BCUT2D eigenvalue weighted by atomic mass is 32.1. The van der Waals surface area contributed by atoms with Crippen LogP contribution in [0.15, 0.2) is 59.4 Å². The summed E-state index contributed by atoms with van der Waals surface area (Å²) in [5.74, 6) is 0. The van der Waals surface area contributed by atoms with Gasteiger partial charge in [-0.2, -0.15) is 0 Å². The van der Waals surface area contributed by atoms with Crippen LogP contribution in [0.5, 0.6) is 0 Å². The number of rotatable bonds is 2. The predicted molar refractivity (Wildman–Crippen MR) is 108 cm³/mol. The Kier molecular flexibility index (Phi) is 3.99. The Bertz CT molecular complexity index is 1260. The number of benzene rings is 2. The van der Waals surface area contributed by atoms with Crippen molar-refractivity contribution in [2.75, 3.05) is 0 Å². The minimum atomic E-state index is -0.160. The summed E-state index contributed by atoms with van der Waals surface area (Å²) in [5, 5.41) is 0. The van der Waals surface area contributed by atoms with Crippen LogP contribution in [0.3, 0.4) is 0 Å². The Labute approximate surface area is 157 Å². The number of aromatic nitrogens is 3. The number of hydrogen-bond acceptors (Lipinski definition) is 4. The van der Waals surface area contributed by atoms with E-state index in [1.54, 1.807) is 0 Å². The van der Waals surface area contributed by atoms with Gasteiger partial charge in [-0.1, -0.05) is 41.7 Å². The zero-order valence-corrected chi connectivity index (χ0v) is 15.7. The van der Waals surface area contributed by atoms with E-state index in [1.165, 1.54) is 15.9 Å². The minimum Gasteiger partial charge on any atom is -0.316 e. The molecule has 0 bridgehead atoms. The first kappa shape index (κ1) is 16.1. The molecule has 25 heavy (non-hydrogen) atoms. The fraction of sp³-hybridized carbons (Fsp3) is 0.0556. The summed E-state index contributed by atoms with van der Waals surface area (Å²) in [6.45, 7) is 2.02. The van der Waals surface area contributed by atoms with Gasteiger partial charge in [0, 0.05) is 5.69 Å². The van der Waals surface area contributed by atoms with Gasteiger partial charge in [-0.3, -0.25) is 13.9 Å². The summed E-state index contributed by atoms with van der Waals surface area (Å²) in [5.41, 5.74) is 3.25. The first-order chi connectivity index (χ1) is 12.1. The van der Waals surface area contributed by atoms with Gasteiger partial charge in [-0.15, -0.1) is 0 Å². The maximum Gasteiger partial charge on any atom is 0.278 e. The van der Waals surface area contributed by atoms with Crippen LogP contribution in [-0.4, -0.2) is 14.1 Å².